The van der Waals surface area contributed by atoms with Crippen molar-refractivity contribution in [2.75, 3.05) is 26.2 Å². The molecule has 2 atom stereocenters. The fourth-order valence-corrected chi connectivity index (χ4v) is 4.85. The highest BCUT2D eigenvalue weighted by molar-refractivity contribution is 6.47. The molecule has 0 aromatic heterocycles. The largest absolute Gasteiger partial charge is 0.547 e. The minimum Gasteiger partial charge on any atom is -0.534 e. The normalized spacial score (nSPS) is 17.5. The number of benzene rings is 2. The zero-order valence-corrected chi connectivity index (χ0v) is 21.9. The van der Waals surface area contributed by atoms with Crippen molar-refractivity contribution < 1.29 is 48.3 Å². The molecule has 7 N–H and O–H groups in total. The number of nitrogens with two attached hydrogens (primary N) is 1. The molecule has 0 spiro atoms. The van der Waals surface area contributed by atoms with Gasteiger partial charge in [-0.05, 0) is 24.1 Å². The SMILES string of the molecule is NCCN1CCN(C(=O)NC(C(=O)N[C@H]2Cc3cccc(C(=O)O)c3OB2O)c2c(F)cc(O)cc2Cl)C(=O)C1=O. The molecule has 17 heteroatoms. The molecular weight excluding hydrogens is 568 g/mol. The standard InChI is InChI=1S/C24H24BClFN5O9/c26-14-9-12(33)10-15(27)17(14)18(30-24(39)32-7-6-31(5-4-28)21(35)22(32)36)20(34)29-16-8-11-2-1-3-13(23(37)38)19(11)41-25(16)40/h1-3,9-10,16,18,33,40H,4-8,28H2,(H,29,34)(H,30,39)(H,37,38)/t16-,18?/m0/s1. The number of piperazine rings is 1. The number of phenols is 1. The first-order valence-electron chi connectivity index (χ1n) is 12.2. The monoisotopic (exact) mass is 591 g/mol. The number of nitrogens with one attached hydrogen (secondary N) is 2. The summed E-state index contributed by atoms with van der Waals surface area (Å²) < 4.78 is 20.4. The van der Waals surface area contributed by atoms with E-state index in [1.165, 1.54) is 18.2 Å². The van der Waals surface area contributed by atoms with Gasteiger partial charge < -0.3 is 41.2 Å². The van der Waals surface area contributed by atoms with Crippen LogP contribution in [0.3, 0.4) is 0 Å². The second kappa shape index (κ2) is 12.0. The quantitative estimate of drug-likeness (QED) is 0.178. The van der Waals surface area contributed by atoms with Gasteiger partial charge >= 0.3 is 30.9 Å². The predicted octanol–water partition coefficient (Wildman–Crippen LogP) is -0.597. The molecule has 14 nitrogen and oxygen atoms in total. The Balaban J connectivity index is 1.60. The van der Waals surface area contributed by atoms with Crippen molar-refractivity contribution in [2.24, 2.45) is 5.73 Å². The molecule has 2 aliphatic heterocycles. The smallest absolute Gasteiger partial charge is 0.534 e. The topological polar surface area (TPSA) is 212 Å². The predicted molar refractivity (Wildman–Crippen MR) is 139 cm³/mol. The molecular formula is C24H24BClFN5O9. The molecule has 0 radical (unpaired) electrons. The molecule has 1 saturated heterocycles. The van der Waals surface area contributed by atoms with Crippen LogP contribution in [0.5, 0.6) is 11.5 Å². The number of carbonyl (C=O) groups excluding carboxylic acids is 4. The number of carboxylic acids is 1. The van der Waals surface area contributed by atoms with Crippen LogP contribution < -0.4 is 21.0 Å². The van der Waals surface area contributed by atoms with Crippen LogP contribution in [0.25, 0.3) is 0 Å². The Morgan fingerprint density at radius 1 is 1.22 bits per heavy atom. The second-order valence-corrected chi connectivity index (χ2v) is 9.58. The minimum absolute atomic E-state index is 0.0241. The van der Waals surface area contributed by atoms with Crippen molar-refractivity contribution in [3.05, 3.63) is 57.9 Å². The third-order valence-corrected chi connectivity index (χ3v) is 6.83. The number of imide groups is 1. The van der Waals surface area contributed by atoms with Gasteiger partial charge in [-0.2, -0.15) is 0 Å². The Labute approximate surface area is 236 Å². The van der Waals surface area contributed by atoms with Crippen LogP contribution in [-0.2, 0) is 20.8 Å². The number of rotatable bonds is 7. The number of halogens is 2. The number of carboxylic acid groups (broad SMARTS) is 1. The van der Waals surface area contributed by atoms with Gasteiger partial charge in [-0.25, -0.2) is 14.0 Å². The van der Waals surface area contributed by atoms with Gasteiger partial charge in [0.1, 0.15) is 23.4 Å². The van der Waals surface area contributed by atoms with Crippen LogP contribution in [0.2, 0.25) is 5.02 Å². The van der Waals surface area contributed by atoms with Crippen LogP contribution in [-0.4, -0.2) is 94.0 Å². The van der Waals surface area contributed by atoms with E-state index in [9.17, 15) is 39.2 Å². The molecule has 41 heavy (non-hydrogen) atoms. The number of nitrogens with zero attached hydrogens (tertiary/aromatic N) is 2. The highest BCUT2D eigenvalue weighted by atomic mass is 35.5. The average Bonchev–Trinajstić information content (AvgIpc) is 2.90. The van der Waals surface area contributed by atoms with Gasteiger partial charge in [-0.3, -0.25) is 19.3 Å². The maximum absolute atomic E-state index is 15.0. The third kappa shape index (κ3) is 6.03. The lowest BCUT2D eigenvalue weighted by atomic mass is 9.72. The number of fused-ring (bicyclic) bond motifs is 1. The van der Waals surface area contributed by atoms with Gasteiger partial charge in [0, 0.05) is 37.8 Å². The van der Waals surface area contributed by atoms with E-state index in [0.717, 1.165) is 11.0 Å². The fourth-order valence-electron chi connectivity index (χ4n) is 4.54. The molecule has 0 aliphatic carbocycles. The molecule has 2 aromatic carbocycles. The summed E-state index contributed by atoms with van der Waals surface area (Å²) in [5, 5.41) is 33.8. The van der Waals surface area contributed by atoms with Gasteiger partial charge in [-0.15, -0.1) is 0 Å². The van der Waals surface area contributed by atoms with E-state index in [1.807, 2.05) is 0 Å². The summed E-state index contributed by atoms with van der Waals surface area (Å²) in [6.45, 7) is -0.0919. The van der Waals surface area contributed by atoms with Crippen LogP contribution >= 0.6 is 11.6 Å². The Morgan fingerprint density at radius 2 is 1.95 bits per heavy atom. The lowest BCUT2D eigenvalue weighted by molar-refractivity contribution is -0.153. The van der Waals surface area contributed by atoms with Crippen LogP contribution in [0.1, 0.15) is 27.5 Å². The summed E-state index contributed by atoms with van der Waals surface area (Å²) >= 11 is 6.12. The summed E-state index contributed by atoms with van der Waals surface area (Å²) in [4.78, 5) is 64.7. The van der Waals surface area contributed by atoms with Crippen molar-refractivity contribution in [1.82, 2.24) is 20.4 Å². The third-order valence-electron chi connectivity index (χ3n) is 6.51. The van der Waals surface area contributed by atoms with Gasteiger partial charge in [0.2, 0.25) is 5.91 Å². The summed E-state index contributed by atoms with van der Waals surface area (Å²) in [5.74, 6) is -7.62. The first-order valence-corrected chi connectivity index (χ1v) is 12.6. The van der Waals surface area contributed by atoms with Crippen LogP contribution in [0, 0.1) is 5.82 Å². The summed E-state index contributed by atoms with van der Waals surface area (Å²) in [7, 11) is -1.74. The van der Waals surface area contributed by atoms with E-state index in [4.69, 9.17) is 22.0 Å². The van der Waals surface area contributed by atoms with Gasteiger partial charge in [0.15, 0.2) is 0 Å². The van der Waals surface area contributed by atoms with Crippen molar-refractivity contribution in [2.45, 2.75) is 18.4 Å². The number of hydrogen-bond donors (Lipinski definition) is 6. The highest BCUT2D eigenvalue weighted by Crippen LogP contribution is 2.33. The first-order chi connectivity index (χ1) is 19.4. The number of urea groups is 1. The van der Waals surface area contributed by atoms with Crippen LogP contribution in [0.4, 0.5) is 9.18 Å². The average molecular weight is 592 g/mol. The molecule has 0 saturated carbocycles. The zero-order chi connectivity index (χ0) is 30.0. The Bertz CT molecular complexity index is 1410. The lowest BCUT2D eigenvalue weighted by Gasteiger charge is -2.34. The second-order valence-electron chi connectivity index (χ2n) is 9.17. The van der Waals surface area contributed by atoms with E-state index in [1.54, 1.807) is 0 Å². The maximum atomic E-state index is 15.0. The molecule has 2 heterocycles. The number of amides is 5. The molecule has 2 aromatic rings. The van der Waals surface area contributed by atoms with Gasteiger partial charge in [0.05, 0.1) is 16.5 Å². The van der Waals surface area contributed by atoms with Crippen molar-refractivity contribution >= 4 is 48.4 Å². The zero-order valence-electron chi connectivity index (χ0n) is 21.2. The Kier molecular flexibility index (Phi) is 8.65. The summed E-state index contributed by atoms with van der Waals surface area (Å²) in [5.41, 5.74) is 5.00. The number of phenolic OH excluding ortho intramolecular Hbond substituents is 1. The highest BCUT2D eigenvalue weighted by Gasteiger charge is 2.42. The van der Waals surface area contributed by atoms with E-state index in [-0.39, 0.29) is 43.9 Å². The first kappa shape index (κ1) is 29.6. The maximum Gasteiger partial charge on any atom is 0.547 e. The van der Waals surface area contributed by atoms with Crippen molar-refractivity contribution in [3.8, 4) is 11.5 Å². The molecule has 2 aliphatic rings. The molecule has 1 unspecified atom stereocenters. The van der Waals surface area contributed by atoms with E-state index in [0.29, 0.717) is 16.5 Å². The molecule has 4 rings (SSSR count). The number of aromatic carboxylic acids is 1. The van der Waals surface area contributed by atoms with Crippen molar-refractivity contribution in [3.63, 3.8) is 0 Å². The Hall–Kier alpha value is -4.41. The summed E-state index contributed by atoms with van der Waals surface area (Å²) in [6.07, 6.45) is -0.105. The molecule has 5 amide bonds. The lowest BCUT2D eigenvalue weighted by Crippen LogP contribution is -2.60. The van der Waals surface area contributed by atoms with E-state index >= 15 is 4.39 Å². The van der Waals surface area contributed by atoms with E-state index in [2.05, 4.69) is 10.6 Å². The molecule has 216 valence electrons. The number of aromatic hydroxyl groups is 1. The van der Waals surface area contributed by atoms with E-state index < -0.39 is 71.0 Å². The van der Waals surface area contributed by atoms with Gasteiger partial charge in [-0.1, -0.05) is 23.7 Å². The molecule has 0 bridgehead atoms. The minimum atomic E-state index is -1.92. The number of hydrogen-bond acceptors (Lipinski definition) is 9. The Morgan fingerprint density at radius 3 is 2.61 bits per heavy atom. The van der Waals surface area contributed by atoms with Crippen molar-refractivity contribution in [1.29, 1.82) is 0 Å². The fraction of sp³-hybridized carbons (Fsp3) is 0.292. The molecule has 1 fully saturated rings. The van der Waals surface area contributed by atoms with Crippen LogP contribution in [0.15, 0.2) is 30.3 Å². The number of para-hydroxylation sites is 1. The summed E-state index contributed by atoms with van der Waals surface area (Å²) in [6, 6.07) is 2.69. The van der Waals surface area contributed by atoms with Gasteiger partial charge in [0.25, 0.3) is 0 Å². The number of carbonyl (C=O) groups is 5.